The molecule has 4 heterocycles. The van der Waals surface area contributed by atoms with Gasteiger partial charge in [-0.05, 0) is 49.8 Å². The van der Waals surface area contributed by atoms with Gasteiger partial charge in [-0.15, -0.1) is 0 Å². The molecule has 9 heteroatoms. The molecular formula is C22H23F3N4O2. The topological polar surface area (TPSA) is 51.0 Å². The molecule has 31 heavy (non-hydrogen) atoms. The molecule has 0 atom stereocenters. The molecule has 0 spiro atoms. The minimum absolute atomic E-state index is 0.462. The Morgan fingerprint density at radius 1 is 1.00 bits per heavy atom. The van der Waals surface area contributed by atoms with Crippen LogP contribution in [-0.2, 0) is 12.7 Å². The third-order valence-corrected chi connectivity index (χ3v) is 5.67. The number of ether oxygens (including phenoxy) is 2. The molecule has 0 bridgehead atoms. The average molecular weight is 432 g/mol. The standard InChI is InChI=1S/C22H23F3N4O2/c23-22(24,25)16-3-5-20-27-21(15-2-4-18-19(12-15)31-11-10-30-18)17(29(20)13-16)14-28-8-1-6-26-7-9-28/h2-5,12-13,26H,1,6-11,14H2. The number of alkyl halides is 3. The van der Waals surface area contributed by atoms with Gasteiger partial charge in [-0.3, -0.25) is 4.90 Å². The number of imidazole rings is 1. The molecule has 3 aromatic rings. The summed E-state index contributed by atoms with van der Waals surface area (Å²) in [6.45, 7) is 4.96. The van der Waals surface area contributed by atoms with Gasteiger partial charge in [-0.25, -0.2) is 4.98 Å². The van der Waals surface area contributed by atoms with E-state index in [4.69, 9.17) is 14.5 Å². The maximum Gasteiger partial charge on any atom is 0.417 e. The molecule has 0 aliphatic carbocycles. The molecule has 0 saturated carbocycles. The molecule has 2 aliphatic heterocycles. The quantitative estimate of drug-likeness (QED) is 0.686. The number of nitrogens with zero attached hydrogens (tertiary/aromatic N) is 3. The lowest BCUT2D eigenvalue weighted by Gasteiger charge is -2.21. The van der Waals surface area contributed by atoms with Crippen molar-refractivity contribution in [1.29, 1.82) is 0 Å². The van der Waals surface area contributed by atoms with Crippen molar-refractivity contribution >= 4 is 5.65 Å². The van der Waals surface area contributed by atoms with E-state index in [0.29, 0.717) is 42.6 Å². The highest BCUT2D eigenvalue weighted by Gasteiger charge is 2.31. The van der Waals surface area contributed by atoms with Gasteiger partial charge in [-0.1, -0.05) is 0 Å². The second-order valence-corrected chi connectivity index (χ2v) is 7.79. The molecule has 5 rings (SSSR count). The van der Waals surface area contributed by atoms with Crippen LogP contribution >= 0.6 is 0 Å². The molecule has 1 N–H and O–H groups in total. The number of hydrogen-bond acceptors (Lipinski definition) is 5. The Morgan fingerprint density at radius 2 is 1.84 bits per heavy atom. The zero-order valence-electron chi connectivity index (χ0n) is 16.9. The second-order valence-electron chi connectivity index (χ2n) is 7.79. The molecule has 0 unspecified atom stereocenters. The van der Waals surface area contributed by atoms with E-state index in [9.17, 15) is 13.2 Å². The van der Waals surface area contributed by atoms with Crippen LogP contribution in [0.4, 0.5) is 13.2 Å². The molecule has 1 fully saturated rings. The van der Waals surface area contributed by atoms with E-state index >= 15 is 0 Å². The van der Waals surface area contributed by atoms with Gasteiger partial charge in [0.2, 0.25) is 0 Å². The zero-order valence-corrected chi connectivity index (χ0v) is 16.9. The largest absolute Gasteiger partial charge is 0.486 e. The summed E-state index contributed by atoms with van der Waals surface area (Å²) in [5.74, 6) is 1.29. The lowest BCUT2D eigenvalue weighted by Crippen LogP contribution is -2.28. The van der Waals surface area contributed by atoms with Crippen LogP contribution in [0.5, 0.6) is 11.5 Å². The van der Waals surface area contributed by atoms with Crippen molar-refractivity contribution in [1.82, 2.24) is 19.6 Å². The number of nitrogens with one attached hydrogen (secondary N) is 1. The third kappa shape index (κ3) is 4.07. The summed E-state index contributed by atoms with van der Waals surface area (Å²) in [7, 11) is 0. The molecule has 1 saturated heterocycles. The van der Waals surface area contributed by atoms with Crippen molar-refractivity contribution in [3.05, 3.63) is 47.8 Å². The average Bonchev–Trinajstić information content (AvgIpc) is 2.92. The van der Waals surface area contributed by atoms with Gasteiger partial charge < -0.3 is 19.2 Å². The summed E-state index contributed by atoms with van der Waals surface area (Å²) in [6, 6.07) is 8.07. The van der Waals surface area contributed by atoms with Crippen LogP contribution in [0.3, 0.4) is 0 Å². The Morgan fingerprint density at radius 3 is 2.68 bits per heavy atom. The number of halogens is 3. The van der Waals surface area contributed by atoms with E-state index in [2.05, 4.69) is 10.2 Å². The van der Waals surface area contributed by atoms with Crippen molar-refractivity contribution < 1.29 is 22.6 Å². The first-order chi connectivity index (χ1) is 15.0. The predicted octanol–water partition coefficient (Wildman–Crippen LogP) is 3.59. The van der Waals surface area contributed by atoms with Gasteiger partial charge in [0.25, 0.3) is 0 Å². The molecule has 0 amide bonds. The van der Waals surface area contributed by atoms with Crippen LogP contribution < -0.4 is 14.8 Å². The van der Waals surface area contributed by atoms with Crippen LogP contribution in [0, 0.1) is 0 Å². The molecule has 2 aromatic heterocycles. The zero-order chi connectivity index (χ0) is 21.4. The first-order valence-electron chi connectivity index (χ1n) is 10.4. The van der Waals surface area contributed by atoms with Crippen molar-refractivity contribution in [2.45, 2.75) is 19.1 Å². The summed E-state index contributed by atoms with van der Waals surface area (Å²) in [5, 5.41) is 3.36. The van der Waals surface area contributed by atoms with Crippen LogP contribution in [0.2, 0.25) is 0 Å². The molecule has 0 radical (unpaired) electrons. The van der Waals surface area contributed by atoms with E-state index in [-0.39, 0.29) is 0 Å². The van der Waals surface area contributed by atoms with Crippen molar-refractivity contribution in [2.24, 2.45) is 0 Å². The second kappa shape index (κ2) is 8.05. The van der Waals surface area contributed by atoms with Crippen LogP contribution in [0.25, 0.3) is 16.9 Å². The number of benzene rings is 1. The summed E-state index contributed by atoms with van der Waals surface area (Å²) in [5.41, 5.74) is 1.99. The van der Waals surface area contributed by atoms with Gasteiger partial charge in [0.1, 0.15) is 18.9 Å². The molecular weight excluding hydrogens is 409 g/mol. The minimum Gasteiger partial charge on any atom is -0.486 e. The van der Waals surface area contributed by atoms with E-state index in [0.717, 1.165) is 56.1 Å². The third-order valence-electron chi connectivity index (χ3n) is 5.67. The van der Waals surface area contributed by atoms with E-state index in [1.165, 1.54) is 6.07 Å². The Bertz CT molecular complexity index is 1090. The summed E-state index contributed by atoms with van der Waals surface area (Å²) in [4.78, 5) is 6.96. The van der Waals surface area contributed by atoms with Gasteiger partial charge in [0, 0.05) is 31.4 Å². The maximum atomic E-state index is 13.4. The first-order valence-corrected chi connectivity index (χ1v) is 10.4. The number of hydrogen-bond donors (Lipinski definition) is 1. The summed E-state index contributed by atoms with van der Waals surface area (Å²) >= 11 is 0. The van der Waals surface area contributed by atoms with E-state index in [1.54, 1.807) is 4.40 Å². The highest BCUT2D eigenvalue weighted by atomic mass is 19.4. The Balaban J connectivity index is 1.62. The number of aromatic nitrogens is 2. The predicted molar refractivity (Wildman–Crippen MR) is 109 cm³/mol. The minimum atomic E-state index is -4.42. The fourth-order valence-corrected chi connectivity index (χ4v) is 4.11. The summed E-state index contributed by atoms with van der Waals surface area (Å²) < 4.78 is 53.1. The lowest BCUT2D eigenvalue weighted by molar-refractivity contribution is -0.137. The maximum absolute atomic E-state index is 13.4. The van der Waals surface area contributed by atoms with Crippen LogP contribution in [0.1, 0.15) is 17.7 Å². The molecule has 2 aliphatic rings. The van der Waals surface area contributed by atoms with Gasteiger partial charge in [0.05, 0.1) is 17.0 Å². The Hall–Kier alpha value is -2.78. The normalized spacial score (nSPS) is 17.6. The van der Waals surface area contributed by atoms with E-state index in [1.807, 2.05) is 18.2 Å². The van der Waals surface area contributed by atoms with Crippen molar-refractivity contribution in [2.75, 3.05) is 39.4 Å². The number of fused-ring (bicyclic) bond motifs is 2. The smallest absolute Gasteiger partial charge is 0.417 e. The van der Waals surface area contributed by atoms with Crippen molar-refractivity contribution in [3.63, 3.8) is 0 Å². The first kappa shape index (κ1) is 20.1. The molecule has 164 valence electrons. The Kier molecular flexibility index (Phi) is 5.23. The molecule has 1 aromatic carbocycles. The van der Waals surface area contributed by atoms with E-state index < -0.39 is 11.7 Å². The highest BCUT2D eigenvalue weighted by Crippen LogP contribution is 2.37. The number of pyridine rings is 1. The lowest BCUT2D eigenvalue weighted by atomic mass is 10.1. The van der Waals surface area contributed by atoms with Gasteiger partial charge >= 0.3 is 6.18 Å². The van der Waals surface area contributed by atoms with Crippen LogP contribution in [-0.4, -0.2) is 53.7 Å². The number of rotatable bonds is 3. The van der Waals surface area contributed by atoms with Gasteiger partial charge in [-0.2, -0.15) is 13.2 Å². The fourth-order valence-electron chi connectivity index (χ4n) is 4.11. The molecule has 6 nitrogen and oxygen atoms in total. The van der Waals surface area contributed by atoms with Gasteiger partial charge in [0.15, 0.2) is 11.5 Å². The highest BCUT2D eigenvalue weighted by molar-refractivity contribution is 5.70. The SMILES string of the molecule is FC(F)(F)c1ccc2nc(-c3ccc4c(c3)OCCO4)c(CN3CCCNCC3)n2c1. The fraction of sp³-hybridized carbons (Fsp3) is 0.409. The van der Waals surface area contributed by atoms with Crippen molar-refractivity contribution in [3.8, 4) is 22.8 Å². The Labute approximate surface area is 177 Å². The van der Waals surface area contributed by atoms with Crippen LogP contribution in [0.15, 0.2) is 36.5 Å². The summed E-state index contributed by atoms with van der Waals surface area (Å²) in [6.07, 6.45) is -2.28. The monoisotopic (exact) mass is 432 g/mol.